The summed E-state index contributed by atoms with van der Waals surface area (Å²) in [5.41, 5.74) is 0. The Labute approximate surface area is 73.1 Å². The molecule has 3 heteroatoms. The number of rotatable bonds is 3. The monoisotopic (exact) mass is 166 g/mol. The maximum absolute atomic E-state index is 11.1. The van der Waals surface area contributed by atoms with Gasteiger partial charge in [-0.15, -0.1) is 6.42 Å². The fraction of sp³-hybridized carbons (Fsp3) is 0.667. The SMILES string of the molecule is C#C[C@@H]1NC(=O)[C@@H]1N(CC)CC. The van der Waals surface area contributed by atoms with Crippen molar-refractivity contribution < 1.29 is 4.79 Å². The number of carbonyl (C=O) groups is 1. The third kappa shape index (κ3) is 1.30. The Morgan fingerprint density at radius 1 is 1.58 bits per heavy atom. The van der Waals surface area contributed by atoms with Gasteiger partial charge in [0, 0.05) is 0 Å². The summed E-state index contributed by atoms with van der Waals surface area (Å²) in [6, 6.07) is -0.178. The molecular formula is C9H14N2O. The molecule has 1 fully saturated rings. The number of likely N-dealkylation sites (N-methyl/N-ethyl adjacent to an activating group) is 1. The minimum Gasteiger partial charge on any atom is -0.339 e. The van der Waals surface area contributed by atoms with Crippen LogP contribution in [-0.2, 0) is 4.79 Å². The van der Waals surface area contributed by atoms with Crippen molar-refractivity contribution in [2.75, 3.05) is 13.1 Å². The second-order valence-corrected chi connectivity index (χ2v) is 2.82. The Kier molecular flexibility index (Phi) is 2.72. The molecule has 0 aromatic carbocycles. The van der Waals surface area contributed by atoms with Crippen LogP contribution in [0.1, 0.15) is 13.8 Å². The van der Waals surface area contributed by atoms with Gasteiger partial charge in [-0.25, -0.2) is 0 Å². The molecule has 1 aliphatic heterocycles. The average Bonchev–Trinajstić information content (AvgIpc) is 2.09. The third-order valence-electron chi connectivity index (χ3n) is 2.27. The molecule has 0 bridgehead atoms. The van der Waals surface area contributed by atoms with Crippen molar-refractivity contribution in [2.24, 2.45) is 0 Å². The highest BCUT2D eigenvalue weighted by atomic mass is 16.2. The molecule has 1 rings (SSSR count). The van der Waals surface area contributed by atoms with Crippen molar-refractivity contribution in [3.63, 3.8) is 0 Å². The second-order valence-electron chi connectivity index (χ2n) is 2.82. The van der Waals surface area contributed by atoms with Crippen molar-refractivity contribution in [3.05, 3.63) is 0 Å². The molecule has 1 aliphatic rings. The standard InChI is InChI=1S/C9H14N2O/c1-4-7-8(9(12)10-7)11(5-2)6-3/h1,7-8H,5-6H2,2-3H3,(H,10,12)/t7-,8+/m0/s1. The molecule has 0 aliphatic carbocycles. The zero-order valence-electron chi connectivity index (χ0n) is 7.50. The van der Waals surface area contributed by atoms with Crippen LogP contribution < -0.4 is 5.32 Å². The quantitative estimate of drug-likeness (QED) is 0.466. The molecular weight excluding hydrogens is 152 g/mol. The highest BCUT2D eigenvalue weighted by Crippen LogP contribution is 2.12. The Hall–Kier alpha value is -1.01. The lowest BCUT2D eigenvalue weighted by atomic mass is 9.98. The van der Waals surface area contributed by atoms with Crippen molar-refractivity contribution in [3.8, 4) is 12.3 Å². The first-order valence-electron chi connectivity index (χ1n) is 4.25. The van der Waals surface area contributed by atoms with Crippen molar-refractivity contribution >= 4 is 5.91 Å². The first kappa shape index (κ1) is 9.08. The summed E-state index contributed by atoms with van der Waals surface area (Å²) in [5.74, 6) is 2.61. The van der Waals surface area contributed by atoms with Crippen LogP contribution in [0.25, 0.3) is 0 Å². The summed E-state index contributed by atoms with van der Waals surface area (Å²) in [6.07, 6.45) is 5.24. The van der Waals surface area contributed by atoms with Gasteiger partial charge in [0.2, 0.25) is 5.91 Å². The predicted molar refractivity (Wildman–Crippen MR) is 47.5 cm³/mol. The molecule has 1 amide bonds. The van der Waals surface area contributed by atoms with E-state index in [1.807, 2.05) is 13.8 Å². The Morgan fingerprint density at radius 3 is 2.50 bits per heavy atom. The Bertz CT molecular complexity index is 215. The number of nitrogens with one attached hydrogen (secondary N) is 1. The van der Waals surface area contributed by atoms with E-state index in [4.69, 9.17) is 6.42 Å². The number of carbonyl (C=O) groups excluding carboxylic acids is 1. The van der Waals surface area contributed by atoms with Gasteiger partial charge in [0.15, 0.2) is 0 Å². The minimum absolute atomic E-state index is 0.0571. The number of terminal acetylenes is 1. The largest absolute Gasteiger partial charge is 0.339 e. The predicted octanol–water partition coefficient (Wildman–Crippen LogP) is -0.172. The molecule has 0 aromatic rings. The topological polar surface area (TPSA) is 32.3 Å². The summed E-state index contributed by atoms with van der Waals surface area (Å²) >= 11 is 0. The van der Waals surface area contributed by atoms with Crippen molar-refractivity contribution in [1.82, 2.24) is 10.2 Å². The molecule has 2 atom stereocenters. The van der Waals surface area contributed by atoms with Gasteiger partial charge >= 0.3 is 0 Å². The van der Waals surface area contributed by atoms with Gasteiger partial charge in [0.1, 0.15) is 12.1 Å². The lowest BCUT2D eigenvalue weighted by Gasteiger charge is -2.40. The molecule has 0 saturated carbocycles. The summed E-state index contributed by atoms with van der Waals surface area (Å²) in [7, 11) is 0. The van der Waals surface area contributed by atoms with Crippen LogP contribution in [-0.4, -0.2) is 36.0 Å². The lowest BCUT2D eigenvalue weighted by Crippen LogP contribution is -2.68. The summed E-state index contributed by atoms with van der Waals surface area (Å²) in [5, 5.41) is 2.67. The van der Waals surface area contributed by atoms with Crippen LogP contribution in [0, 0.1) is 12.3 Å². The van der Waals surface area contributed by atoms with Crippen molar-refractivity contribution in [1.29, 1.82) is 0 Å². The van der Waals surface area contributed by atoms with Crippen LogP contribution in [0.3, 0.4) is 0 Å². The number of hydrogen-bond donors (Lipinski definition) is 1. The zero-order chi connectivity index (χ0) is 9.14. The van der Waals surface area contributed by atoms with Gasteiger partial charge in [-0.3, -0.25) is 9.69 Å². The van der Waals surface area contributed by atoms with E-state index >= 15 is 0 Å². The van der Waals surface area contributed by atoms with Gasteiger partial charge in [0.25, 0.3) is 0 Å². The second kappa shape index (κ2) is 3.59. The number of β-lactam (4-membered cyclic amide) rings is 1. The fourth-order valence-electron chi connectivity index (χ4n) is 1.50. The smallest absolute Gasteiger partial charge is 0.241 e. The average molecular weight is 166 g/mol. The number of nitrogens with zero attached hydrogens (tertiary/aromatic N) is 1. The third-order valence-corrected chi connectivity index (χ3v) is 2.27. The van der Waals surface area contributed by atoms with Gasteiger partial charge in [-0.05, 0) is 13.1 Å². The highest BCUT2D eigenvalue weighted by molar-refractivity contribution is 5.90. The van der Waals surface area contributed by atoms with Crippen LogP contribution in [0.15, 0.2) is 0 Å². The summed E-state index contributed by atoms with van der Waals surface area (Å²) in [4.78, 5) is 13.2. The number of hydrogen-bond acceptors (Lipinski definition) is 2. The molecule has 1 N–H and O–H groups in total. The summed E-state index contributed by atoms with van der Waals surface area (Å²) in [6.45, 7) is 5.80. The Morgan fingerprint density at radius 2 is 2.17 bits per heavy atom. The zero-order valence-corrected chi connectivity index (χ0v) is 7.50. The fourth-order valence-corrected chi connectivity index (χ4v) is 1.50. The highest BCUT2D eigenvalue weighted by Gasteiger charge is 2.41. The molecule has 0 radical (unpaired) electrons. The molecule has 0 unspecified atom stereocenters. The normalized spacial score (nSPS) is 27.7. The van der Waals surface area contributed by atoms with Gasteiger partial charge < -0.3 is 5.32 Å². The van der Waals surface area contributed by atoms with E-state index in [1.165, 1.54) is 0 Å². The van der Waals surface area contributed by atoms with E-state index in [9.17, 15) is 4.79 Å². The maximum atomic E-state index is 11.1. The van der Waals surface area contributed by atoms with E-state index < -0.39 is 0 Å². The minimum atomic E-state index is -0.0926. The van der Waals surface area contributed by atoms with Gasteiger partial charge in [-0.2, -0.15) is 0 Å². The molecule has 66 valence electrons. The molecule has 3 nitrogen and oxygen atoms in total. The molecule has 1 saturated heterocycles. The molecule has 12 heavy (non-hydrogen) atoms. The molecule has 1 heterocycles. The number of amides is 1. The van der Waals surface area contributed by atoms with Crippen LogP contribution in [0.5, 0.6) is 0 Å². The molecule has 0 aromatic heterocycles. The van der Waals surface area contributed by atoms with Crippen molar-refractivity contribution in [2.45, 2.75) is 25.9 Å². The summed E-state index contributed by atoms with van der Waals surface area (Å²) < 4.78 is 0. The van der Waals surface area contributed by atoms with Crippen LogP contribution >= 0.6 is 0 Å². The van der Waals surface area contributed by atoms with Crippen LogP contribution in [0.4, 0.5) is 0 Å². The van der Waals surface area contributed by atoms with E-state index in [0.29, 0.717) is 0 Å². The van der Waals surface area contributed by atoms with E-state index in [1.54, 1.807) is 0 Å². The first-order chi connectivity index (χ1) is 5.74. The van der Waals surface area contributed by atoms with E-state index in [-0.39, 0.29) is 18.0 Å². The van der Waals surface area contributed by atoms with Gasteiger partial charge in [0.05, 0.1) is 0 Å². The van der Waals surface area contributed by atoms with E-state index in [0.717, 1.165) is 13.1 Å². The Balaban J connectivity index is 2.60. The van der Waals surface area contributed by atoms with E-state index in [2.05, 4.69) is 16.1 Å². The van der Waals surface area contributed by atoms with Crippen LogP contribution in [0.2, 0.25) is 0 Å². The lowest BCUT2D eigenvalue weighted by molar-refractivity contribution is -0.135. The first-order valence-corrected chi connectivity index (χ1v) is 4.25. The maximum Gasteiger partial charge on any atom is 0.241 e. The molecule has 0 spiro atoms. The van der Waals surface area contributed by atoms with Gasteiger partial charge in [-0.1, -0.05) is 19.8 Å².